The molecule has 1 aromatic rings. The Bertz CT molecular complexity index is 297. The average molecular weight is 225 g/mol. The van der Waals surface area contributed by atoms with Crippen LogP contribution in [0.25, 0.3) is 0 Å². The largest absolute Gasteiger partial charge is 0.313 e. The predicted molar refractivity (Wildman–Crippen MR) is 63.7 cm³/mol. The van der Waals surface area contributed by atoms with Gasteiger partial charge in [-0.3, -0.25) is 0 Å². The molecule has 0 aliphatic carbocycles. The number of hydrogen-bond acceptors (Lipinski definition) is 4. The standard InChI is InChI=1S/C11H23N5/c1-8(2)10(9(3)4)7-16-11(6-12-5)13-14-15-16/h8-10,12H,6-7H2,1-5H3. The van der Waals surface area contributed by atoms with E-state index in [-0.39, 0.29) is 0 Å². The van der Waals surface area contributed by atoms with Crippen LogP contribution in [0.5, 0.6) is 0 Å². The Morgan fingerprint density at radius 1 is 1.19 bits per heavy atom. The van der Waals surface area contributed by atoms with E-state index in [0.717, 1.165) is 18.9 Å². The Balaban J connectivity index is 2.73. The summed E-state index contributed by atoms with van der Waals surface area (Å²) in [5.41, 5.74) is 0. The van der Waals surface area contributed by atoms with Gasteiger partial charge in [0.15, 0.2) is 5.82 Å². The van der Waals surface area contributed by atoms with Crippen molar-refractivity contribution in [1.82, 2.24) is 25.5 Å². The Morgan fingerprint density at radius 2 is 1.81 bits per heavy atom. The second-order valence-corrected chi connectivity index (χ2v) is 4.96. The topological polar surface area (TPSA) is 55.6 Å². The summed E-state index contributed by atoms with van der Waals surface area (Å²) in [6.07, 6.45) is 0. The van der Waals surface area contributed by atoms with Crippen molar-refractivity contribution in [3.05, 3.63) is 5.82 Å². The summed E-state index contributed by atoms with van der Waals surface area (Å²) >= 11 is 0. The van der Waals surface area contributed by atoms with Gasteiger partial charge in [-0.25, -0.2) is 4.68 Å². The van der Waals surface area contributed by atoms with Crippen molar-refractivity contribution in [2.24, 2.45) is 17.8 Å². The SMILES string of the molecule is CNCc1nnnn1CC(C(C)C)C(C)C. The fourth-order valence-corrected chi connectivity index (χ4v) is 2.04. The van der Waals surface area contributed by atoms with Gasteiger partial charge in [0.2, 0.25) is 0 Å². The van der Waals surface area contributed by atoms with Crippen molar-refractivity contribution >= 4 is 0 Å². The van der Waals surface area contributed by atoms with Crippen LogP contribution in [-0.4, -0.2) is 27.3 Å². The zero-order valence-electron chi connectivity index (χ0n) is 10.9. The molecule has 0 saturated heterocycles. The lowest BCUT2D eigenvalue weighted by Gasteiger charge is -2.24. The summed E-state index contributed by atoms with van der Waals surface area (Å²) in [7, 11) is 1.90. The summed E-state index contributed by atoms with van der Waals surface area (Å²) in [5.74, 6) is 2.81. The minimum Gasteiger partial charge on any atom is -0.313 e. The fourth-order valence-electron chi connectivity index (χ4n) is 2.04. The Morgan fingerprint density at radius 3 is 2.31 bits per heavy atom. The highest BCUT2D eigenvalue weighted by molar-refractivity contribution is 4.81. The highest BCUT2D eigenvalue weighted by Crippen LogP contribution is 2.22. The van der Waals surface area contributed by atoms with E-state index in [2.05, 4.69) is 48.5 Å². The van der Waals surface area contributed by atoms with E-state index in [4.69, 9.17) is 0 Å². The van der Waals surface area contributed by atoms with Crippen LogP contribution in [0.3, 0.4) is 0 Å². The molecule has 1 aromatic heterocycles. The van der Waals surface area contributed by atoms with Crippen molar-refractivity contribution in [3.63, 3.8) is 0 Å². The molecule has 0 aliphatic rings. The van der Waals surface area contributed by atoms with Gasteiger partial charge in [-0.1, -0.05) is 27.7 Å². The lowest BCUT2D eigenvalue weighted by atomic mass is 9.85. The van der Waals surface area contributed by atoms with E-state index in [9.17, 15) is 0 Å². The first-order valence-corrected chi connectivity index (χ1v) is 5.95. The summed E-state index contributed by atoms with van der Waals surface area (Å²) < 4.78 is 1.92. The molecular weight excluding hydrogens is 202 g/mol. The second-order valence-electron chi connectivity index (χ2n) is 4.96. The van der Waals surface area contributed by atoms with E-state index < -0.39 is 0 Å². The highest BCUT2D eigenvalue weighted by Gasteiger charge is 2.20. The number of nitrogens with zero attached hydrogens (tertiary/aromatic N) is 4. The molecule has 1 heterocycles. The maximum atomic E-state index is 4.05. The van der Waals surface area contributed by atoms with Gasteiger partial charge in [0.25, 0.3) is 0 Å². The van der Waals surface area contributed by atoms with Gasteiger partial charge in [-0.15, -0.1) is 5.10 Å². The van der Waals surface area contributed by atoms with Gasteiger partial charge in [0, 0.05) is 6.54 Å². The molecule has 16 heavy (non-hydrogen) atoms. The van der Waals surface area contributed by atoms with Crippen molar-refractivity contribution in [2.75, 3.05) is 7.05 Å². The molecule has 0 atom stereocenters. The van der Waals surface area contributed by atoms with Crippen LogP contribution in [0.4, 0.5) is 0 Å². The van der Waals surface area contributed by atoms with Crippen molar-refractivity contribution in [2.45, 2.75) is 40.8 Å². The van der Waals surface area contributed by atoms with Gasteiger partial charge in [0.05, 0.1) is 6.54 Å². The first kappa shape index (κ1) is 13.1. The fraction of sp³-hybridized carbons (Fsp3) is 0.909. The number of rotatable bonds is 6. The lowest BCUT2D eigenvalue weighted by molar-refractivity contribution is 0.238. The van der Waals surface area contributed by atoms with Crippen LogP contribution in [0.2, 0.25) is 0 Å². The van der Waals surface area contributed by atoms with Crippen LogP contribution >= 0.6 is 0 Å². The molecule has 0 saturated carbocycles. The van der Waals surface area contributed by atoms with Gasteiger partial charge in [-0.05, 0) is 35.2 Å². The summed E-state index contributed by atoms with van der Waals surface area (Å²) in [5, 5.41) is 14.9. The molecule has 0 amide bonds. The van der Waals surface area contributed by atoms with Crippen LogP contribution in [0, 0.1) is 17.8 Å². The Labute approximate surface area is 97.6 Å². The van der Waals surface area contributed by atoms with Crippen LogP contribution in [0.1, 0.15) is 33.5 Å². The second kappa shape index (κ2) is 5.94. The van der Waals surface area contributed by atoms with Gasteiger partial charge >= 0.3 is 0 Å². The first-order chi connectivity index (χ1) is 7.56. The third-order valence-electron chi connectivity index (χ3n) is 3.04. The molecule has 0 bridgehead atoms. The molecule has 1 rings (SSSR count). The highest BCUT2D eigenvalue weighted by atomic mass is 15.5. The van der Waals surface area contributed by atoms with Crippen molar-refractivity contribution in [1.29, 1.82) is 0 Å². The van der Waals surface area contributed by atoms with Crippen LogP contribution in [-0.2, 0) is 13.1 Å². The molecule has 5 heteroatoms. The maximum absolute atomic E-state index is 4.05. The quantitative estimate of drug-likeness (QED) is 0.793. The zero-order valence-corrected chi connectivity index (χ0v) is 10.9. The van der Waals surface area contributed by atoms with E-state index >= 15 is 0 Å². The molecule has 0 aromatic carbocycles. The van der Waals surface area contributed by atoms with E-state index in [1.54, 1.807) is 0 Å². The Kier molecular flexibility index (Phi) is 4.86. The molecule has 0 spiro atoms. The molecule has 0 fully saturated rings. The van der Waals surface area contributed by atoms with Crippen molar-refractivity contribution in [3.8, 4) is 0 Å². The molecule has 0 radical (unpaired) electrons. The minimum absolute atomic E-state index is 0.610. The van der Waals surface area contributed by atoms with Crippen LogP contribution < -0.4 is 5.32 Å². The molecule has 0 unspecified atom stereocenters. The van der Waals surface area contributed by atoms with Gasteiger partial charge in [-0.2, -0.15) is 0 Å². The van der Waals surface area contributed by atoms with E-state index in [0.29, 0.717) is 17.8 Å². The van der Waals surface area contributed by atoms with Crippen molar-refractivity contribution < 1.29 is 0 Å². The first-order valence-electron chi connectivity index (χ1n) is 5.95. The molecule has 5 nitrogen and oxygen atoms in total. The smallest absolute Gasteiger partial charge is 0.165 e. The van der Waals surface area contributed by atoms with Crippen LogP contribution in [0.15, 0.2) is 0 Å². The third-order valence-corrected chi connectivity index (χ3v) is 3.04. The van der Waals surface area contributed by atoms with Gasteiger partial charge in [0.1, 0.15) is 0 Å². The monoisotopic (exact) mass is 225 g/mol. The zero-order chi connectivity index (χ0) is 12.1. The minimum atomic E-state index is 0.610. The molecule has 92 valence electrons. The summed E-state index contributed by atoms with van der Waals surface area (Å²) in [6, 6.07) is 0. The number of hydrogen-bond donors (Lipinski definition) is 1. The maximum Gasteiger partial charge on any atom is 0.165 e. The predicted octanol–water partition coefficient (Wildman–Crippen LogP) is 1.32. The summed E-state index contributed by atoms with van der Waals surface area (Å²) in [4.78, 5) is 0. The lowest BCUT2D eigenvalue weighted by Crippen LogP contribution is -2.24. The molecular formula is C11H23N5. The molecule has 1 N–H and O–H groups in total. The number of nitrogens with one attached hydrogen (secondary N) is 1. The molecule has 0 aliphatic heterocycles. The normalized spacial score (nSPS) is 12.0. The number of tetrazole rings is 1. The van der Waals surface area contributed by atoms with E-state index in [1.165, 1.54) is 0 Å². The van der Waals surface area contributed by atoms with Gasteiger partial charge < -0.3 is 5.32 Å². The summed E-state index contributed by atoms with van der Waals surface area (Å²) in [6.45, 7) is 10.6. The average Bonchev–Trinajstić information content (AvgIpc) is 2.61. The van der Waals surface area contributed by atoms with E-state index in [1.807, 2.05) is 11.7 Å². The number of aromatic nitrogens is 4. The Hall–Kier alpha value is -0.970. The third kappa shape index (κ3) is 3.27.